The molecular formula is C16H20Cl2N2O. The Balaban J connectivity index is 1.55. The first kappa shape index (κ1) is 15.0. The van der Waals surface area contributed by atoms with Gasteiger partial charge in [-0.2, -0.15) is 0 Å². The summed E-state index contributed by atoms with van der Waals surface area (Å²) in [7, 11) is 0. The SMILES string of the molecule is CC(NC(=O)Nc1ccc(Cl)c(Cl)c1)C1CC2CCC1C2. The van der Waals surface area contributed by atoms with Gasteiger partial charge < -0.3 is 10.6 Å². The first-order valence-corrected chi connectivity index (χ1v) is 8.31. The number of halogens is 2. The van der Waals surface area contributed by atoms with E-state index in [9.17, 15) is 4.79 Å². The zero-order valence-electron chi connectivity index (χ0n) is 12.0. The third-order valence-corrected chi connectivity index (χ3v) is 5.71. The molecule has 0 aromatic heterocycles. The monoisotopic (exact) mass is 326 g/mol. The molecule has 2 aliphatic rings. The highest BCUT2D eigenvalue weighted by molar-refractivity contribution is 6.42. The number of urea groups is 1. The summed E-state index contributed by atoms with van der Waals surface area (Å²) in [5.41, 5.74) is 0.655. The molecule has 1 aromatic rings. The van der Waals surface area contributed by atoms with Crippen LogP contribution in [0, 0.1) is 17.8 Å². The second kappa shape index (κ2) is 6.05. The molecule has 0 spiro atoms. The average Bonchev–Trinajstić information content (AvgIpc) is 3.05. The summed E-state index contributed by atoms with van der Waals surface area (Å²) in [6.45, 7) is 2.11. The first-order chi connectivity index (χ1) is 10.0. The lowest BCUT2D eigenvalue weighted by Gasteiger charge is -2.28. The lowest BCUT2D eigenvalue weighted by Crippen LogP contribution is -2.42. The van der Waals surface area contributed by atoms with E-state index in [1.165, 1.54) is 25.7 Å². The van der Waals surface area contributed by atoms with Gasteiger partial charge in [-0.05, 0) is 62.1 Å². The van der Waals surface area contributed by atoms with Gasteiger partial charge in [0.2, 0.25) is 0 Å². The molecule has 4 unspecified atom stereocenters. The number of hydrogen-bond acceptors (Lipinski definition) is 1. The van der Waals surface area contributed by atoms with Crippen LogP contribution < -0.4 is 10.6 Å². The molecule has 0 aliphatic heterocycles. The lowest BCUT2D eigenvalue weighted by molar-refractivity contribution is 0.230. The van der Waals surface area contributed by atoms with E-state index in [0.717, 1.165) is 11.8 Å². The van der Waals surface area contributed by atoms with Gasteiger partial charge in [0.05, 0.1) is 10.0 Å². The molecule has 0 radical (unpaired) electrons. The van der Waals surface area contributed by atoms with Gasteiger partial charge in [0.15, 0.2) is 0 Å². The van der Waals surface area contributed by atoms with Crippen LogP contribution in [0.3, 0.4) is 0 Å². The number of hydrogen-bond donors (Lipinski definition) is 2. The maximum Gasteiger partial charge on any atom is 0.319 e. The van der Waals surface area contributed by atoms with Crippen LogP contribution in [0.1, 0.15) is 32.6 Å². The number of anilines is 1. The quantitative estimate of drug-likeness (QED) is 0.811. The Labute approximate surface area is 135 Å². The predicted molar refractivity (Wildman–Crippen MR) is 87.0 cm³/mol. The van der Waals surface area contributed by atoms with Gasteiger partial charge in [0.1, 0.15) is 0 Å². The highest BCUT2D eigenvalue weighted by Gasteiger charge is 2.42. The van der Waals surface area contributed by atoms with Gasteiger partial charge in [-0.3, -0.25) is 0 Å². The zero-order valence-corrected chi connectivity index (χ0v) is 13.5. The third-order valence-electron chi connectivity index (χ3n) is 4.97. The van der Waals surface area contributed by atoms with Crippen molar-refractivity contribution in [2.75, 3.05) is 5.32 Å². The van der Waals surface area contributed by atoms with E-state index >= 15 is 0 Å². The fourth-order valence-corrected chi connectivity index (χ4v) is 4.26. The second-order valence-electron chi connectivity index (χ2n) is 6.35. The molecule has 0 heterocycles. The van der Waals surface area contributed by atoms with Crippen LogP contribution in [0.2, 0.25) is 10.0 Å². The normalized spacial score (nSPS) is 28.4. The Morgan fingerprint density at radius 2 is 2.05 bits per heavy atom. The Hall–Kier alpha value is -0.930. The number of benzene rings is 1. The first-order valence-electron chi connectivity index (χ1n) is 7.55. The Bertz CT molecular complexity index is 549. The van der Waals surface area contributed by atoms with Crippen molar-refractivity contribution >= 4 is 34.9 Å². The smallest absolute Gasteiger partial charge is 0.319 e. The van der Waals surface area contributed by atoms with Crippen LogP contribution in [0.5, 0.6) is 0 Å². The Kier molecular flexibility index (Phi) is 4.32. The summed E-state index contributed by atoms with van der Waals surface area (Å²) < 4.78 is 0. The maximum atomic E-state index is 12.1. The molecule has 2 fully saturated rings. The summed E-state index contributed by atoms with van der Waals surface area (Å²) in [5.74, 6) is 2.32. The van der Waals surface area contributed by atoms with E-state index in [-0.39, 0.29) is 12.1 Å². The molecule has 2 saturated carbocycles. The van der Waals surface area contributed by atoms with Crippen molar-refractivity contribution in [2.45, 2.75) is 38.6 Å². The summed E-state index contributed by atoms with van der Waals surface area (Å²) in [6, 6.07) is 5.12. The summed E-state index contributed by atoms with van der Waals surface area (Å²) in [6.07, 6.45) is 5.32. The van der Waals surface area contributed by atoms with Crippen LogP contribution in [-0.2, 0) is 0 Å². The largest absolute Gasteiger partial charge is 0.335 e. The molecule has 0 saturated heterocycles. The molecule has 114 valence electrons. The minimum Gasteiger partial charge on any atom is -0.335 e. The van der Waals surface area contributed by atoms with E-state index in [0.29, 0.717) is 21.7 Å². The number of nitrogens with one attached hydrogen (secondary N) is 2. The van der Waals surface area contributed by atoms with Gasteiger partial charge in [0, 0.05) is 11.7 Å². The van der Waals surface area contributed by atoms with Gasteiger partial charge in [-0.25, -0.2) is 4.79 Å². The van der Waals surface area contributed by atoms with Gasteiger partial charge in [-0.15, -0.1) is 0 Å². The molecular weight excluding hydrogens is 307 g/mol. The van der Waals surface area contributed by atoms with Crippen LogP contribution in [0.25, 0.3) is 0 Å². The minimum atomic E-state index is -0.177. The molecule has 3 nitrogen and oxygen atoms in total. The predicted octanol–water partition coefficient (Wildman–Crippen LogP) is 4.94. The van der Waals surface area contributed by atoms with Crippen LogP contribution >= 0.6 is 23.2 Å². The number of carbonyl (C=O) groups is 1. The lowest BCUT2D eigenvalue weighted by atomic mass is 9.84. The van der Waals surface area contributed by atoms with E-state index in [2.05, 4.69) is 17.6 Å². The molecule has 4 atom stereocenters. The highest BCUT2D eigenvalue weighted by atomic mass is 35.5. The second-order valence-corrected chi connectivity index (χ2v) is 7.17. The average molecular weight is 327 g/mol. The number of rotatable bonds is 3. The van der Waals surface area contributed by atoms with Crippen molar-refractivity contribution in [3.8, 4) is 0 Å². The fourth-order valence-electron chi connectivity index (χ4n) is 3.96. The standard InChI is InChI=1S/C16H20Cl2N2O/c1-9(13-7-10-2-3-11(13)6-10)19-16(21)20-12-4-5-14(17)15(18)8-12/h4-5,8-11,13H,2-3,6-7H2,1H3,(H2,19,20,21). The molecule has 1 aromatic carbocycles. The van der Waals surface area contributed by atoms with Gasteiger partial charge >= 0.3 is 6.03 Å². The summed E-state index contributed by atoms with van der Waals surface area (Å²) >= 11 is 11.8. The Morgan fingerprint density at radius 3 is 2.67 bits per heavy atom. The molecule has 5 heteroatoms. The molecule has 2 amide bonds. The zero-order chi connectivity index (χ0) is 15.0. The van der Waals surface area contributed by atoms with Crippen LogP contribution in [-0.4, -0.2) is 12.1 Å². The van der Waals surface area contributed by atoms with Crippen molar-refractivity contribution in [1.82, 2.24) is 5.32 Å². The van der Waals surface area contributed by atoms with E-state index in [1.54, 1.807) is 18.2 Å². The topological polar surface area (TPSA) is 41.1 Å². The molecule has 2 N–H and O–H groups in total. The summed E-state index contributed by atoms with van der Waals surface area (Å²) in [4.78, 5) is 12.1. The molecule has 2 bridgehead atoms. The molecule has 3 rings (SSSR count). The molecule has 21 heavy (non-hydrogen) atoms. The molecule has 2 aliphatic carbocycles. The number of carbonyl (C=O) groups excluding carboxylic acids is 1. The van der Waals surface area contributed by atoms with Gasteiger partial charge in [0.25, 0.3) is 0 Å². The van der Waals surface area contributed by atoms with Crippen LogP contribution in [0.4, 0.5) is 10.5 Å². The van der Waals surface area contributed by atoms with Crippen molar-refractivity contribution in [2.24, 2.45) is 17.8 Å². The van der Waals surface area contributed by atoms with E-state index in [1.807, 2.05) is 0 Å². The van der Waals surface area contributed by atoms with E-state index in [4.69, 9.17) is 23.2 Å². The number of fused-ring (bicyclic) bond motifs is 2. The van der Waals surface area contributed by atoms with Gasteiger partial charge in [-0.1, -0.05) is 29.6 Å². The van der Waals surface area contributed by atoms with Crippen molar-refractivity contribution in [1.29, 1.82) is 0 Å². The van der Waals surface area contributed by atoms with E-state index < -0.39 is 0 Å². The summed E-state index contributed by atoms with van der Waals surface area (Å²) in [5, 5.41) is 6.80. The van der Waals surface area contributed by atoms with Crippen molar-refractivity contribution in [3.05, 3.63) is 28.2 Å². The maximum absolute atomic E-state index is 12.1. The van der Waals surface area contributed by atoms with Crippen molar-refractivity contribution < 1.29 is 4.79 Å². The van der Waals surface area contributed by atoms with Crippen molar-refractivity contribution in [3.63, 3.8) is 0 Å². The number of amides is 2. The third kappa shape index (κ3) is 3.29. The minimum absolute atomic E-state index is 0.177. The highest BCUT2D eigenvalue weighted by Crippen LogP contribution is 2.49. The van der Waals surface area contributed by atoms with Crippen LogP contribution in [0.15, 0.2) is 18.2 Å². The fraction of sp³-hybridized carbons (Fsp3) is 0.562. The Morgan fingerprint density at radius 1 is 1.24 bits per heavy atom.